The Balaban J connectivity index is 1.82. The highest BCUT2D eigenvalue weighted by Gasteiger charge is 2.10. The van der Waals surface area contributed by atoms with Crippen molar-refractivity contribution >= 4 is 23.8 Å². The summed E-state index contributed by atoms with van der Waals surface area (Å²) >= 11 is 0. The third kappa shape index (κ3) is 5.85. The molecule has 0 aromatic heterocycles. The highest BCUT2D eigenvalue weighted by atomic mass is 16.5. The number of anilines is 1. The topological polar surface area (TPSA) is 93.7 Å². The zero-order chi connectivity index (χ0) is 19.6. The minimum absolute atomic E-state index is 0.177. The number of aldehydes is 1. The largest absolute Gasteiger partial charge is 0.497 e. The van der Waals surface area contributed by atoms with Crippen molar-refractivity contribution in [3.05, 3.63) is 53.6 Å². The predicted octanol–water partition coefficient (Wildman–Crippen LogP) is 2.20. The third-order valence-corrected chi connectivity index (χ3v) is 3.82. The summed E-state index contributed by atoms with van der Waals surface area (Å²) < 4.78 is 10.4. The van der Waals surface area contributed by atoms with E-state index < -0.39 is 5.91 Å². The Morgan fingerprint density at radius 1 is 1.11 bits per heavy atom. The van der Waals surface area contributed by atoms with Crippen LogP contribution in [0.15, 0.2) is 42.5 Å². The van der Waals surface area contributed by atoms with Gasteiger partial charge >= 0.3 is 0 Å². The molecule has 0 aliphatic rings. The minimum Gasteiger partial charge on any atom is -0.497 e. The predicted molar refractivity (Wildman–Crippen MR) is 101 cm³/mol. The number of aryl methyl sites for hydroxylation is 1. The quantitative estimate of drug-likeness (QED) is 0.660. The molecule has 0 fully saturated rings. The lowest BCUT2D eigenvalue weighted by atomic mass is 10.1. The van der Waals surface area contributed by atoms with Crippen LogP contribution in [0.5, 0.6) is 11.5 Å². The maximum atomic E-state index is 12.0. The smallest absolute Gasteiger partial charge is 0.258 e. The second-order valence-electron chi connectivity index (χ2n) is 5.65. The number of rotatable bonds is 9. The lowest BCUT2D eigenvalue weighted by Crippen LogP contribution is -2.36. The number of methoxy groups -OCH3 is 1. The first-order chi connectivity index (χ1) is 13.1. The first-order valence-corrected chi connectivity index (χ1v) is 8.47. The summed E-state index contributed by atoms with van der Waals surface area (Å²) in [6.07, 6.45) is 1.41. The van der Waals surface area contributed by atoms with E-state index in [9.17, 15) is 14.4 Å². The van der Waals surface area contributed by atoms with Crippen molar-refractivity contribution in [2.45, 2.75) is 13.3 Å². The summed E-state index contributed by atoms with van der Waals surface area (Å²) in [4.78, 5) is 35.0. The second kappa shape index (κ2) is 9.96. The lowest BCUT2D eigenvalue weighted by molar-refractivity contribution is -0.125. The Morgan fingerprint density at radius 3 is 2.59 bits per heavy atom. The van der Waals surface area contributed by atoms with Gasteiger partial charge in [0.1, 0.15) is 11.5 Å². The van der Waals surface area contributed by atoms with Crippen LogP contribution in [0.2, 0.25) is 0 Å². The third-order valence-electron chi connectivity index (χ3n) is 3.82. The first-order valence-electron chi connectivity index (χ1n) is 8.47. The molecule has 27 heavy (non-hydrogen) atoms. The highest BCUT2D eigenvalue weighted by molar-refractivity contribution is 5.95. The summed E-state index contributed by atoms with van der Waals surface area (Å²) in [7, 11) is 1.49. The first kappa shape index (κ1) is 20.0. The van der Waals surface area contributed by atoms with Crippen molar-refractivity contribution in [1.82, 2.24) is 5.32 Å². The number of amides is 2. The van der Waals surface area contributed by atoms with Crippen LogP contribution >= 0.6 is 0 Å². The van der Waals surface area contributed by atoms with E-state index in [0.29, 0.717) is 12.0 Å². The Morgan fingerprint density at radius 2 is 1.89 bits per heavy atom. The van der Waals surface area contributed by atoms with Gasteiger partial charge in [-0.3, -0.25) is 14.4 Å². The van der Waals surface area contributed by atoms with Gasteiger partial charge in [0.15, 0.2) is 12.9 Å². The molecule has 0 saturated heterocycles. The van der Waals surface area contributed by atoms with Crippen LogP contribution < -0.4 is 20.1 Å². The summed E-state index contributed by atoms with van der Waals surface area (Å²) in [5.74, 6) is -0.0240. The molecule has 0 bridgehead atoms. The summed E-state index contributed by atoms with van der Waals surface area (Å²) in [5, 5.41) is 5.25. The van der Waals surface area contributed by atoms with Gasteiger partial charge in [-0.25, -0.2) is 0 Å². The molecule has 2 N–H and O–H groups in total. The van der Waals surface area contributed by atoms with Gasteiger partial charge in [-0.2, -0.15) is 0 Å². The van der Waals surface area contributed by atoms with Crippen molar-refractivity contribution < 1.29 is 23.9 Å². The number of hydrogen-bond acceptors (Lipinski definition) is 5. The van der Waals surface area contributed by atoms with Gasteiger partial charge in [0, 0.05) is 5.69 Å². The Bertz CT molecular complexity index is 820. The standard InChI is InChI=1S/C20H22N2O5/c1-3-14-6-4-5-7-17(14)22-19(24)11-21-20(25)13-27-18-9-8-16(26-2)10-15(18)12-23/h4-10,12H,3,11,13H2,1-2H3,(H,21,25)(H,22,24). The number of benzene rings is 2. The Hall–Kier alpha value is -3.35. The van der Waals surface area contributed by atoms with Crippen molar-refractivity contribution in [3.8, 4) is 11.5 Å². The fraction of sp³-hybridized carbons (Fsp3) is 0.250. The van der Waals surface area contributed by atoms with E-state index in [0.717, 1.165) is 17.7 Å². The molecular weight excluding hydrogens is 348 g/mol. The molecule has 0 saturated carbocycles. The Kier molecular flexibility index (Phi) is 7.37. The minimum atomic E-state index is -0.471. The van der Waals surface area contributed by atoms with E-state index >= 15 is 0 Å². The van der Waals surface area contributed by atoms with E-state index in [1.807, 2.05) is 31.2 Å². The van der Waals surface area contributed by atoms with Gasteiger partial charge in [0.25, 0.3) is 5.91 Å². The van der Waals surface area contributed by atoms with E-state index in [-0.39, 0.29) is 30.4 Å². The van der Waals surface area contributed by atoms with Crippen molar-refractivity contribution in [2.75, 3.05) is 25.6 Å². The summed E-state index contributed by atoms with van der Waals surface area (Å²) in [6, 6.07) is 12.2. The van der Waals surface area contributed by atoms with E-state index in [4.69, 9.17) is 9.47 Å². The van der Waals surface area contributed by atoms with Crippen molar-refractivity contribution in [2.24, 2.45) is 0 Å². The van der Waals surface area contributed by atoms with Crippen LogP contribution in [0.1, 0.15) is 22.8 Å². The van der Waals surface area contributed by atoms with Crippen LogP contribution in [0, 0.1) is 0 Å². The maximum Gasteiger partial charge on any atom is 0.258 e. The molecule has 7 heteroatoms. The zero-order valence-electron chi connectivity index (χ0n) is 15.3. The molecule has 2 amide bonds. The maximum absolute atomic E-state index is 12.0. The van der Waals surface area contributed by atoms with Gasteiger partial charge in [-0.15, -0.1) is 0 Å². The average Bonchev–Trinajstić information content (AvgIpc) is 2.70. The van der Waals surface area contributed by atoms with Crippen LogP contribution in [0.4, 0.5) is 5.69 Å². The van der Waals surface area contributed by atoms with Crippen molar-refractivity contribution in [1.29, 1.82) is 0 Å². The van der Waals surface area contributed by atoms with Gasteiger partial charge in [0.2, 0.25) is 5.91 Å². The molecule has 0 spiro atoms. The SMILES string of the molecule is CCc1ccccc1NC(=O)CNC(=O)COc1ccc(OC)cc1C=O. The molecule has 7 nitrogen and oxygen atoms in total. The van der Waals surface area contributed by atoms with Gasteiger partial charge in [-0.1, -0.05) is 25.1 Å². The molecule has 0 radical (unpaired) electrons. The number of hydrogen-bond donors (Lipinski definition) is 2. The van der Waals surface area contributed by atoms with E-state index in [1.54, 1.807) is 12.1 Å². The van der Waals surface area contributed by atoms with E-state index in [1.165, 1.54) is 13.2 Å². The fourth-order valence-electron chi connectivity index (χ4n) is 2.40. The average molecular weight is 370 g/mol. The molecule has 0 unspecified atom stereocenters. The molecule has 0 aliphatic heterocycles. The van der Waals surface area contributed by atoms with Gasteiger partial charge in [0.05, 0.1) is 19.2 Å². The Labute approximate surface area is 157 Å². The number of ether oxygens (including phenoxy) is 2. The highest BCUT2D eigenvalue weighted by Crippen LogP contribution is 2.22. The normalized spacial score (nSPS) is 10.0. The van der Waals surface area contributed by atoms with Crippen molar-refractivity contribution in [3.63, 3.8) is 0 Å². The molecule has 2 aromatic rings. The monoisotopic (exact) mass is 370 g/mol. The van der Waals surface area contributed by atoms with Gasteiger partial charge < -0.3 is 20.1 Å². The summed E-state index contributed by atoms with van der Waals surface area (Å²) in [5.41, 5.74) is 2.02. The number of carbonyl (C=O) groups is 3. The van der Waals surface area contributed by atoms with E-state index in [2.05, 4.69) is 10.6 Å². The molecular formula is C20H22N2O5. The summed E-state index contributed by atoms with van der Waals surface area (Å²) in [6.45, 7) is 1.51. The van der Waals surface area contributed by atoms with Crippen LogP contribution in [0.25, 0.3) is 0 Å². The molecule has 0 atom stereocenters. The number of nitrogens with one attached hydrogen (secondary N) is 2. The van der Waals surface area contributed by atoms with Crippen LogP contribution in [-0.2, 0) is 16.0 Å². The molecule has 2 rings (SSSR count). The molecule has 0 aliphatic carbocycles. The zero-order valence-corrected chi connectivity index (χ0v) is 15.3. The molecule has 2 aromatic carbocycles. The lowest BCUT2D eigenvalue weighted by Gasteiger charge is -2.11. The molecule has 142 valence electrons. The molecule has 0 heterocycles. The fourth-order valence-corrected chi connectivity index (χ4v) is 2.40. The number of para-hydroxylation sites is 1. The van der Waals surface area contributed by atoms with Crippen LogP contribution in [0.3, 0.4) is 0 Å². The second-order valence-corrected chi connectivity index (χ2v) is 5.65. The van der Waals surface area contributed by atoms with Crippen LogP contribution in [-0.4, -0.2) is 38.4 Å². The van der Waals surface area contributed by atoms with Gasteiger partial charge in [-0.05, 0) is 36.2 Å². The number of carbonyl (C=O) groups excluding carboxylic acids is 3.